The van der Waals surface area contributed by atoms with Crippen LogP contribution in [0.4, 0.5) is 4.79 Å². The molecule has 0 heterocycles. The van der Waals surface area contributed by atoms with E-state index in [1.54, 1.807) is 34.6 Å². The monoisotopic (exact) mass is 357 g/mol. The third-order valence-electron chi connectivity index (χ3n) is 2.70. The van der Waals surface area contributed by atoms with E-state index in [-0.39, 0.29) is 0 Å². The first-order chi connectivity index (χ1) is 10.5. The highest BCUT2D eigenvalue weighted by atomic mass is 33.1. The molecule has 2 N–H and O–H groups in total. The van der Waals surface area contributed by atoms with E-state index in [4.69, 9.17) is 4.74 Å². The van der Waals surface area contributed by atoms with E-state index >= 15 is 0 Å². The molecule has 128 valence electrons. The zero-order valence-corrected chi connectivity index (χ0v) is 15.6. The summed E-state index contributed by atoms with van der Waals surface area (Å²) in [4.78, 5) is 24.5. The fraction of sp³-hybridized carbons (Fsp3) is 0.500. The number of rotatable bonds is 6. The summed E-state index contributed by atoms with van der Waals surface area (Å²) >= 11 is 0. The number of benzene rings is 1. The summed E-state index contributed by atoms with van der Waals surface area (Å²) in [5.41, 5.74) is -0.677. The van der Waals surface area contributed by atoms with Gasteiger partial charge in [-0.05, 0) is 46.8 Å². The second-order valence-corrected chi connectivity index (χ2v) is 9.36. The van der Waals surface area contributed by atoms with E-state index in [1.165, 1.54) is 21.6 Å². The smallest absolute Gasteiger partial charge is 0.408 e. The first kappa shape index (κ1) is 19.7. The third kappa shape index (κ3) is 7.18. The summed E-state index contributed by atoms with van der Waals surface area (Å²) in [6.45, 7) is 8.75. The van der Waals surface area contributed by atoms with Gasteiger partial charge in [0.2, 0.25) is 0 Å². The minimum atomic E-state index is -1.10. The molecule has 0 aromatic heterocycles. The predicted molar refractivity (Wildman–Crippen MR) is 94.8 cm³/mol. The molecule has 0 saturated carbocycles. The van der Waals surface area contributed by atoms with Gasteiger partial charge < -0.3 is 15.2 Å². The Hall–Kier alpha value is -1.34. The van der Waals surface area contributed by atoms with Crippen LogP contribution in [-0.2, 0) is 9.53 Å². The predicted octanol–water partition coefficient (Wildman–Crippen LogP) is 4.18. The molecule has 1 amide bonds. The van der Waals surface area contributed by atoms with Crippen LogP contribution in [0.15, 0.2) is 35.2 Å². The summed E-state index contributed by atoms with van der Waals surface area (Å²) in [5, 5.41) is 11.9. The molecule has 0 bridgehead atoms. The minimum absolute atomic E-state index is 0.677. The van der Waals surface area contributed by atoms with Crippen LogP contribution in [0.5, 0.6) is 0 Å². The highest BCUT2D eigenvalue weighted by molar-refractivity contribution is 8.77. The Bertz CT molecular complexity index is 541. The van der Waals surface area contributed by atoms with Crippen LogP contribution in [0.25, 0.3) is 0 Å². The number of hydrogen-bond acceptors (Lipinski definition) is 5. The molecule has 0 aliphatic rings. The van der Waals surface area contributed by atoms with Crippen molar-refractivity contribution in [1.29, 1.82) is 0 Å². The largest absolute Gasteiger partial charge is 0.480 e. The number of ether oxygens (including phenoxy) is 1. The molecule has 0 unspecified atom stereocenters. The summed E-state index contributed by atoms with van der Waals surface area (Å²) in [5.74, 6) is -1.10. The Balaban J connectivity index is 2.74. The van der Waals surface area contributed by atoms with Crippen molar-refractivity contribution in [3.8, 4) is 0 Å². The Kier molecular flexibility index (Phi) is 6.83. The molecule has 0 saturated heterocycles. The Morgan fingerprint density at radius 3 is 2.17 bits per heavy atom. The van der Waals surface area contributed by atoms with Gasteiger partial charge in [0, 0.05) is 4.90 Å². The molecule has 7 heteroatoms. The quantitative estimate of drug-likeness (QED) is 0.744. The molecule has 0 aliphatic heterocycles. The van der Waals surface area contributed by atoms with Gasteiger partial charge in [0.1, 0.15) is 11.6 Å². The molecule has 1 atom stereocenters. The number of carboxylic acid groups (broad SMARTS) is 1. The number of hydrogen-bond donors (Lipinski definition) is 2. The van der Waals surface area contributed by atoms with Gasteiger partial charge in [-0.2, -0.15) is 0 Å². The second kappa shape index (κ2) is 7.97. The van der Waals surface area contributed by atoms with E-state index in [2.05, 4.69) is 5.32 Å². The average Bonchev–Trinajstić information content (AvgIpc) is 2.41. The highest BCUT2D eigenvalue weighted by Crippen LogP contribution is 2.42. The summed E-state index contributed by atoms with van der Waals surface area (Å²) in [7, 11) is 2.87. The fourth-order valence-electron chi connectivity index (χ4n) is 1.64. The number of nitrogens with one attached hydrogen (secondary N) is 1. The third-order valence-corrected chi connectivity index (χ3v) is 6.03. The summed E-state index contributed by atoms with van der Waals surface area (Å²) in [6, 6.07) is 8.59. The van der Waals surface area contributed by atoms with Crippen molar-refractivity contribution in [2.75, 3.05) is 0 Å². The zero-order valence-electron chi connectivity index (χ0n) is 14.0. The van der Waals surface area contributed by atoms with Gasteiger partial charge in [0.05, 0.1) is 4.75 Å². The molecule has 0 fully saturated rings. The van der Waals surface area contributed by atoms with Crippen molar-refractivity contribution in [1.82, 2.24) is 5.32 Å². The first-order valence-electron chi connectivity index (χ1n) is 7.14. The molecule has 0 radical (unpaired) electrons. The lowest BCUT2D eigenvalue weighted by molar-refractivity contribution is -0.140. The molecule has 23 heavy (non-hydrogen) atoms. The van der Waals surface area contributed by atoms with Crippen molar-refractivity contribution >= 4 is 33.7 Å². The van der Waals surface area contributed by atoms with Gasteiger partial charge in [-0.25, -0.2) is 9.59 Å². The fourth-order valence-corrected chi connectivity index (χ4v) is 4.03. The average molecular weight is 357 g/mol. The molecular formula is C16H23NO4S2. The van der Waals surface area contributed by atoms with Crippen LogP contribution < -0.4 is 5.32 Å². The second-order valence-electron chi connectivity index (χ2n) is 6.50. The molecule has 0 aliphatic carbocycles. The normalized spacial score (nSPS) is 13.3. The Labute approximate surface area is 145 Å². The van der Waals surface area contributed by atoms with Crippen LogP contribution in [0.1, 0.15) is 34.6 Å². The van der Waals surface area contributed by atoms with Crippen molar-refractivity contribution in [3.05, 3.63) is 30.3 Å². The molecule has 5 nitrogen and oxygen atoms in total. The lowest BCUT2D eigenvalue weighted by atomic mass is 10.0. The van der Waals surface area contributed by atoms with E-state index in [9.17, 15) is 14.7 Å². The SMILES string of the molecule is CC(C)(C)OC(=O)N[C@@H](C(=O)O)C(C)(C)SSc1ccccc1. The van der Waals surface area contributed by atoms with Crippen molar-refractivity contribution < 1.29 is 19.4 Å². The van der Waals surface area contributed by atoms with E-state index < -0.39 is 28.5 Å². The maximum atomic E-state index is 11.9. The molecule has 1 aromatic rings. The number of alkyl carbamates (subject to hydrolysis) is 1. The molecule has 0 spiro atoms. The van der Waals surface area contributed by atoms with E-state index in [0.717, 1.165) is 4.90 Å². The van der Waals surface area contributed by atoms with Gasteiger partial charge in [-0.3, -0.25) is 0 Å². The molecule has 1 aromatic carbocycles. The summed E-state index contributed by atoms with van der Waals surface area (Å²) < 4.78 is 4.41. The van der Waals surface area contributed by atoms with Gasteiger partial charge in [-0.1, -0.05) is 39.8 Å². The number of aliphatic carboxylic acids is 1. The van der Waals surface area contributed by atoms with Crippen LogP contribution >= 0.6 is 21.6 Å². The van der Waals surface area contributed by atoms with Crippen LogP contribution in [0.3, 0.4) is 0 Å². The Morgan fingerprint density at radius 2 is 1.70 bits per heavy atom. The molecular weight excluding hydrogens is 334 g/mol. The first-order valence-corrected chi connectivity index (χ1v) is 9.29. The lowest BCUT2D eigenvalue weighted by Crippen LogP contribution is -2.53. The number of carbonyl (C=O) groups is 2. The van der Waals surface area contributed by atoms with Crippen LogP contribution in [0.2, 0.25) is 0 Å². The van der Waals surface area contributed by atoms with Crippen LogP contribution in [-0.4, -0.2) is 33.6 Å². The maximum absolute atomic E-state index is 11.9. The Morgan fingerprint density at radius 1 is 1.13 bits per heavy atom. The van der Waals surface area contributed by atoms with Crippen molar-refractivity contribution in [3.63, 3.8) is 0 Å². The topological polar surface area (TPSA) is 75.6 Å². The maximum Gasteiger partial charge on any atom is 0.408 e. The van der Waals surface area contributed by atoms with Crippen LogP contribution in [0, 0.1) is 0 Å². The highest BCUT2D eigenvalue weighted by Gasteiger charge is 2.38. The van der Waals surface area contributed by atoms with Gasteiger partial charge in [0.25, 0.3) is 0 Å². The van der Waals surface area contributed by atoms with Crippen molar-refractivity contribution in [2.24, 2.45) is 0 Å². The van der Waals surface area contributed by atoms with E-state index in [0.29, 0.717) is 0 Å². The van der Waals surface area contributed by atoms with Gasteiger partial charge in [0.15, 0.2) is 0 Å². The van der Waals surface area contributed by atoms with Gasteiger partial charge >= 0.3 is 12.1 Å². The standard InChI is InChI=1S/C16H23NO4S2/c1-15(2,3)21-14(20)17-12(13(18)19)16(4,5)23-22-11-9-7-6-8-10-11/h6-10,12H,1-5H3,(H,17,20)(H,18,19)/t12-/m0/s1. The molecule has 1 rings (SSSR count). The zero-order chi connectivity index (χ0) is 17.7. The lowest BCUT2D eigenvalue weighted by Gasteiger charge is -2.31. The van der Waals surface area contributed by atoms with Gasteiger partial charge in [-0.15, -0.1) is 0 Å². The number of carbonyl (C=O) groups excluding carboxylic acids is 1. The summed E-state index contributed by atoms with van der Waals surface area (Å²) in [6.07, 6.45) is -0.733. The van der Waals surface area contributed by atoms with E-state index in [1.807, 2.05) is 30.3 Å². The minimum Gasteiger partial charge on any atom is -0.480 e. The number of carboxylic acids is 1. The van der Waals surface area contributed by atoms with Crippen molar-refractivity contribution in [2.45, 2.75) is 55.9 Å². The number of amides is 1.